The monoisotopic (exact) mass is 373 g/mol. The van der Waals surface area contributed by atoms with Crippen LogP contribution in [0.2, 0.25) is 0 Å². The number of thiophene rings is 1. The molecule has 6 heteroatoms. The van der Waals surface area contributed by atoms with Gasteiger partial charge in [-0.1, -0.05) is 44.7 Å². The van der Waals surface area contributed by atoms with Gasteiger partial charge in [0, 0.05) is 10.9 Å². The highest BCUT2D eigenvalue weighted by molar-refractivity contribution is 7.22. The summed E-state index contributed by atoms with van der Waals surface area (Å²) in [5.41, 5.74) is 1.40. The highest BCUT2D eigenvalue weighted by Gasteiger charge is 2.12. The van der Waals surface area contributed by atoms with E-state index in [0.29, 0.717) is 16.2 Å². The maximum atomic E-state index is 13.1. The molecule has 3 aromatic rings. The van der Waals surface area contributed by atoms with E-state index in [2.05, 4.69) is 29.1 Å². The van der Waals surface area contributed by atoms with Crippen LogP contribution < -0.4 is 10.9 Å². The summed E-state index contributed by atoms with van der Waals surface area (Å²) >= 11 is 1.37. The molecule has 138 valence electrons. The van der Waals surface area contributed by atoms with Gasteiger partial charge in [-0.3, -0.25) is 9.78 Å². The number of halogens is 1. The zero-order valence-electron chi connectivity index (χ0n) is 15.1. The molecule has 1 aromatic carbocycles. The maximum Gasteiger partial charge on any atom is 0.270 e. The number of hydrogen-bond donors (Lipinski definition) is 2. The van der Waals surface area contributed by atoms with Gasteiger partial charge in [0.2, 0.25) is 5.95 Å². The Bertz CT molecular complexity index is 917. The quantitative estimate of drug-likeness (QED) is 0.508. The van der Waals surface area contributed by atoms with E-state index in [1.54, 1.807) is 12.1 Å². The van der Waals surface area contributed by atoms with E-state index in [1.165, 1.54) is 49.2 Å². The lowest BCUT2D eigenvalue weighted by Gasteiger charge is -2.13. The van der Waals surface area contributed by atoms with Crippen LogP contribution in [0.3, 0.4) is 0 Å². The molecule has 0 aliphatic rings. The average molecular weight is 373 g/mol. The summed E-state index contributed by atoms with van der Waals surface area (Å²) in [7, 11) is 0. The first-order valence-electron chi connectivity index (χ1n) is 9.13. The molecule has 2 aromatic heterocycles. The molecule has 2 heterocycles. The molecule has 1 atom stereocenters. The molecule has 2 N–H and O–H groups in total. The van der Waals surface area contributed by atoms with Crippen LogP contribution >= 0.6 is 11.3 Å². The number of unbranched alkanes of at least 4 members (excludes halogenated alkanes) is 3. The minimum atomic E-state index is -0.273. The Morgan fingerprint density at radius 3 is 2.73 bits per heavy atom. The van der Waals surface area contributed by atoms with Crippen molar-refractivity contribution in [3.05, 3.63) is 46.5 Å². The molecule has 4 nitrogen and oxygen atoms in total. The predicted molar refractivity (Wildman–Crippen MR) is 107 cm³/mol. The van der Waals surface area contributed by atoms with E-state index in [0.717, 1.165) is 16.9 Å². The fraction of sp³-hybridized carbons (Fsp3) is 0.400. The Morgan fingerprint density at radius 2 is 2.00 bits per heavy atom. The molecule has 0 radical (unpaired) electrons. The zero-order chi connectivity index (χ0) is 18.5. The van der Waals surface area contributed by atoms with Crippen molar-refractivity contribution >= 4 is 27.5 Å². The molecule has 0 aliphatic carbocycles. The SMILES string of the molecule is CCCCCCC(C)Nc1nc2cc(-c3ccc(F)cc3)sc2c(=O)[nH]1. The highest BCUT2D eigenvalue weighted by Crippen LogP contribution is 2.31. The van der Waals surface area contributed by atoms with Crippen LogP contribution in [0.5, 0.6) is 0 Å². The van der Waals surface area contributed by atoms with Gasteiger partial charge >= 0.3 is 0 Å². The molecular weight excluding hydrogens is 349 g/mol. The Balaban J connectivity index is 1.77. The molecule has 0 fully saturated rings. The fourth-order valence-corrected chi connectivity index (χ4v) is 3.94. The van der Waals surface area contributed by atoms with E-state index in [4.69, 9.17) is 0 Å². The Labute approximate surface area is 156 Å². The summed E-state index contributed by atoms with van der Waals surface area (Å²) in [6, 6.07) is 8.41. The van der Waals surface area contributed by atoms with Gasteiger partial charge in [-0.25, -0.2) is 9.37 Å². The number of rotatable bonds is 8. The third-order valence-corrected chi connectivity index (χ3v) is 5.56. The number of fused-ring (bicyclic) bond motifs is 1. The fourth-order valence-electron chi connectivity index (χ4n) is 2.95. The lowest BCUT2D eigenvalue weighted by atomic mass is 10.1. The van der Waals surface area contributed by atoms with Gasteiger partial charge in [0.25, 0.3) is 5.56 Å². The molecule has 0 saturated heterocycles. The van der Waals surface area contributed by atoms with Gasteiger partial charge in [-0.15, -0.1) is 11.3 Å². The smallest absolute Gasteiger partial charge is 0.270 e. The second-order valence-corrected chi connectivity index (χ2v) is 7.69. The molecule has 3 rings (SSSR count). The molecule has 0 aliphatic heterocycles. The topological polar surface area (TPSA) is 57.8 Å². The third kappa shape index (κ3) is 4.49. The lowest BCUT2D eigenvalue weighted by molar-refractivity contribution is 0.592. The van der Waals surface area contributed by atoms with Crippen LogP contribution in [-0.4, -0.2) is 16.0 Å². The van der Waals surface area contributed by atoms with E-state index in [1.807, 2.05) is 6.07 Å². The number of aromatic amines is 1. The maximum absolute atomic E-state index is 13.1. The molecule has 0 saturated carbocycles. The number of aromatic nitrogens is 2. The summed E-state index contributed by atoms with van der Waals surface area (Å²) < 4.78 is 13.7. The summed E-state index contributed by atoms with van der Waals surface area (Å²) in [5.74, 6) is 0.235. The minimum Gasteiger partial charge on any atom is -0.353 e. The van der Waals surface area contributed by atoms with E-state index in [9.17, 15) is 9.18 Å². The molecule has 26 heavy (non-hydrogen) atoms. The molecule has 0 spiro atoms. The van der Waals surface area contributed by atoms with Gasteiger partial charge < -0.3 is 5.32 Å². The molecular formula is C20H24FN3OS. The van der Waals surface area contributed by atoms with Crippen molar-refractivity contribution in [1.29, 1.82) is 0 Å². The summed E-state index contributed by atoms with van der Waals surface area (Å²) in [4.78, 5) is 20.7. The summed E-state index contributed by atoms with van der Waals surface area (Å²) in [5, 5.41) is 3.30. The molecule has 0 amide bonds. The number of hydrogen-bond acceptors (Lipinski definition) is 4. The van der Waals surface area contributed by atoms with Crippen LogP contribution in [0.4, 0.5) is 10.3 Å². The van der Waals surface area contributed by atoms with E-state index >= 15 is 0 Å². The van der Waals surface area contributed by atoms with E-state index in [-0.39, 0.29) is 17.4 Å². The third-order valence-electron chi connectivity index (χ3n) is 4.39. The van der Waals surface area contributed by atoms with Crippen LogP contribution in [0.1, 0.15) is 46.0 Å². The van der Waals surface area contributed by atoms with Crippen molar-refractivity contribution in [2.24, 2.45) is 0 Å². The highest BCUT2D eigenvalue weighted by atomic mass is 32.1. The number of nitrogens with zero attached hydrogens (tertiary/aromatic N) is 1. The Hall–Kier alpha value is -2.21. The van der Waals surface area contributed by atoms with Gasteiger partial charge in [-0.2, -0.15) is 0 Å². The van der Waals surface area contributed by atoms with Gasteiger partial charge in [0.15, 0.2) is 0 Å². The van der Waals surface area contributed by atoms with Gasteiger partial charge in [0.05, 0.1) is 5.52 Å². The van der Waals surface area contributed by atoms with Crippen molar-refractivity contribution in [3.63, 3.8) is 0 Å². The van der Waals surface area contributed by atoms with Gasteiger partial charge in [-0.05, 0) is 37.1 Å². The van der Waals surface area contributed by atoms with Crippen molar-refractivity contribution in [1.82, 2.24) is 9.97 Å². The number of benzene rings is 1. The average Bonchev–Trinajstić information content (AvgIpc) is 3.04. The summed E-state index contributed by atoms with van der Waals surface area (Å²) in [6.45, 7) is 4.31. The molecule has 1 unspecified atom stereocenters. The van der Waals surface area contributed by atoms with Crippen LogP contribution in [0, 0.1) is 5.82 Å². The molecule has 0 bridgehead atoms. The largest absolute Gasteiger partial charge is 0.353 e. The standard InChI is InChI=1S/C20H24FN3OS/c1-3-4-5-6-7-13(2)22-20-23-16-12-17(26-18(16)19(25)24-20)14-8-10-15(21)11-9-14/h8-13H,3-7H2,1-2H3,(H2,22,23,24,25). The first-order valence-corrected chi connectivity index (χ1v) is 9.95. The lowest BCUT2D eigenvalue weighted by Crippen LogP contribution is -2.19. The van der Waals surface area contributed by atoms with Crippen LogP contribution in [-0.2, 0) is 0 Å². The second-order valence-electron chi connectivity index (χ2n) is 6.64. The number of H-pyrrole nitrogens is 1. The Morgan fingerprint density at radius 1 is 1.23 bits per heavy atom. The number of nitrogens with one attached hydrogen (secondary N) is 2. The Kier molecular flexibility index (Phi) is 6.04. The minimum absolute atomic E-state index is 0.144. The normalized spacial score (nSPS) is 12.4. The van der Waals surface area contributed by atoms with Crippen LogP contribution in [0.25, 0.3) is 20.7 Å². The van der Waals surface area contributed by atoms with Crippen molar-refractivity contribution in [2.45, 2.75) is 52.0 Å². The van der Waals surface area contributed by atoms with Crippen LogP contribution in [0.15, 0.2) is 35.1 Å². The first-order chi connectivity index (χ1) is 12.6. The zero-order valence-corrected chi connectivity index (χ0v) is 16.0. The summed E-state index contributed by atoms with van der Waals surface area (Å²) in [6.07, 6.45) is 5.93. The van der Waals surface area contributed by atoms with E-state index < -0.39 is 0 Å². The second kappa shape index (κ2) is 8.45. The van der Waals surface area contributed by atoms with Crippen molar-refractivity contribution < 1.29 is 4.39 Å². The first kappa shape index (κ1) is 18.6. The van der Waals surface area contributed by atoms with Crippen molar-refractivity contribution in [2.75, 3.05) is 5.32 Å². The van der Waals surface area contributed by atoms with Gasteiger partial charge in [0.1, 0.15) is 10.5 Å². The van der Waals surface area contributed by atoms with Crippen molar-refractivity contribution in [3.8, 4) is 10.4 Å². The number of anilines is 1. The predicted octanol–water partition coefficient (Wildman–Crippen LogP) is 5.56.